The monoisotopic (exact) mass is 644 g/mol. The SMILES string of the molecule is Cc1c(C)c2c(c(C)c1OCC(=O)O)C(=NO)CC(C)(COc1ccc(CC3(CC(=O)O)SC(=O)N(CC(=O)O)C3=O)cc1)O2. The van der Waals surface area contributed by atoms with Crippen LogP contribution in [0.2, 0.25) is 0 Å². The molecule has 0 radical (unpaired) electrons. The van der Waals surface area contributed by atoms with Gasteiger partial charge in [-0.05, 0) is 74.7 Å². The van der Waals surface area contributed by atoms with Crippen molar-refractivity contribution in [1.82, 2.24) is 4.90 Å². The molecule has 4 N–H and O–H groups in total. The number of carboxylic acids is 3. The quantitative estimate of drug-likeness (QED) is 0.193. The molecule has 0 bridgehead atoms. The molecule has 0 aromatic heterocycles. The van der Waals surface area contributed by atoms with Crippen LogP contribution in [0.5, 0.6) is 17.2 Å². The topological polar surface area (TPSA) is 210 Å². The molecule has 2 amide bonds. The van der Waals surface area contributed by atoms with E-state index in [1.54, 1.807) is 52.0 Å². The minimum absolute atomic E-state index is 0.0234. The van der Waals surface area contributed by atoms with Crippen LogP contribution in [0.1, 0.15) is 47.6 Å². The first kappa shape index (κ1) is 33.1. The van der Waals surface area contributed by atoms with Gasteiger partial charge in [0.2, 0.25) is 5.91 Å². The predicted molar refractivity (Wildman–Crippen MR) is 159 cm³/mol. The minimum atomic E-state index is -1.69. The van der Waals surface area contributed by atoms with Crippen LogP contribution < -0.4 is 14.2 Å². The average Bonchev–Trinajstić information content (AvgIpc) is 3.17. The standard InChI is InChI=1S/C30H32N2O12S/c1-15-16(2)26-24(17(3)25(15)42-13-23(37)38)20(31-41)10-29(4,44-26)14-43-19-7-5-18(6-8-19)9-30(11-21(33)34)27(39)32(12-22(35)36)28(40)45-30/h5-8,41H,9-14H2,1-4H3,(H,33,34)(H,35,36)(H,37,38). The van der Waals surface area contributed by atoms with Crippen molar-refractivity contribution >= 4 is 46.5 Å². The number of fused-ring (bicyclic) bond motifs is 1. The molecule has 2 aliphatic rings. The Kier molecular flexibility index (Phi) is 9.32. The highest BCUT2D eigenvalue weighted by Crippen LogP contribution is 2.45. The number of aliphatic carboxylic acids is 3. The number of rotatable bonds is 12. The third-order valence-corrected chi connectivity index (χ3v) is 8.90. The molecule has 15 heteroatoms. The Labute approximate surface area is 261 Å². The lowest BCUT2D eigenvalue weighted by Gasteiger charge is -2.38. The number of amides is 2. The van der Waals surface area contributed by atoms with Crippen molar-refractivity contribution in [2.75, 3.05) is 19.8 Å². The molecule has 240 valence electrons. The van der Waals surface area contributed by atoms with Gasteiger partial charge < -0.3 is 34.7 Å². The molecule has 2 heterocycles. The summed E-state index contributed by atoms with van der Waals surface area (Å²) >= 11 is 0.512. The Morgan fingerprint density at radius 3 is 2.22 bits per heavy atom. The summed E-state index contributed by atoms with van der Waals surface area (Å²) in [5.74, 6) is -3.44. The van der Waals surface area contributed by atoms with E-state index in [0.717, 1.165) is 0 Å². The maximum absolute atomic E-state index is 13.0. The fraction of sp³-hybridized carbons (Fsp3) is 0.400. The van der Waals surface area contributed by atoms with Crippen LogP contribution in [-0.4, -0.2) is 90.3 Å². The first-order valence-electron chi connectivity index (χ1n) is 13.7. The van der Waals surface area contributed by atoms with E-state index in [4.69, 9.17) is 24.4 Å². The lowest BCUT2D eigenvalue weighted by Crippen LogP contribution is -2.45. The van der Waals surface area contributed by atoms with Crippen molar-refractivity contribution < 1.29 is 58.7 Å². The van der Waals surface area contributed by atoms with E-state index in [-0.39, 0.29) is 19.4 Å². The number of imide groups is 1. The first-order valence-corrected chi connectivity index (χ1v) is 14.5. The fourth-order valence-electron chi connectivity index (χ4n) is 5.48. The third-order valence-electron chi connectivity index (χ3n) is 7.65. The van der Waals surface area contributed by atoms with E-state index in [9.17, 15) is 34.3 Å². The summed E-state index contributed by atoms with van der Waals surface area (Å²) in [5, 5.41) is 40.2. The molecule has 1 saturated heterocycles. The summed E-state index contributed by atoms with van der Waals surface area (Å²) in [6.45, 7) is 5.72. The lowest BCUT2D eigenvalue weighted by molar-refractivity contribution is -0.144. The summed E-state index contributed by atoms with van der Waals surface area (Å²) in [7, 11) is 0. The Morgan fingerprint density at radius 1 is 0.978 bits per heavy atom. The number of hydrogen-bond donors (Lipinski definition) is 4. The van der Waals surface area contributed by atoms with Gasteiger partial charge in [0.25, 0.3) is 5.24 Å². The van der Waals surface area contributed by atoms with Crippen molar-refractivity contribution in [2.24, 2.45) is 5.16 Å². The second-order valence-corrected chi connectivity index (χ2v) is 12.5. The van der Waals surface area contributed by atoms with Crippen LogP contribution in [0.3, 0.4) is 0 Å². The summed E-state index contributed by atoms with van der Waals surface area (Å²) in [4.78, 5) is 59.8. The zero-order chi connectivity index (χ0) is 33.3. The van der Waals surface area contributed by atoms with Crippen molar-refractivity contribution in [1.29, 1.82) is 0 Å². The fourth-order valence-corrected chi connectivity index (χ4v) is 6.70. The molecule has 0 saturated carbocycles. The Balaban J connectivity index is 1.51. The van der Waals surface area contributed by atoms with Crippen LogP contribution in [0.15, 0.2) is 29.4 Å². The van der Waals surface area contributed by atoms with Crippen LogP contribution in [-0.2, 0) is 25.6 Å². The maximum Gasteiger partial charge on any atom is 0.341 e. The maximum atomic E-state index is 13.0. The minimum Gasteiger partial charge on any atom is -0.489 e. The zero-order valence-electron chi connectivity index (χ0n) is 24.9. The molecule has 45 heavy (non-hydrogen) atoms. The van der Waals surface area contributed by atoms with Gasteiger partial charge in [0.1, 0.15) is 40.7 Å². The summed E-state index contributed by atoms with van der Waals surface area (Å²) < 4.78 is 16.3. The number of hydrogen-bond acceptors (Lipinski definition) is 11. The van der Waals surface area contributed by atoms with Gasteiger partial charge >= 0.3 is 17.9 Å². The number of nitrogens with zero attached hydrogens (tertiary/aromatic N) is 2. The molecule has 2 aromatic rings. The Bertz CT molecular complexity index is 1610. The van der Waals surface area contributed by atoms with Gasteiger partial charge in [-0.3, -0.25) is 24.1 Å². The van der Waals surface area contributed by atoms with Crippen molar-refractivity contribution in [3.05, 3.63) is 52.1 Å². The molecule has 2 atom stereocenters. The van der Waals surface area contributed by atoms with Gasteiger partial charge in [0, 0.05) is 17.5 Å². The van der Waals surface area contributed by atoms with E-state index in [1.807, 2.05) is 0 Å². The largest absolute Gasteiger partial charge is 0.489 e. The second-order valence-electron chi connectivity index (χ2n) is 11.2. The summed E-state index contributed by atoms with van der Waals surface area (Å²) in [5.41, 5.74) is 2.31. The highest BCUT2D eigenvalue weighted by molar-refractivity contribution is 8.16. The highest BCUT2D eigenvalue weighted by atomic mass is 32.2. The molecule has 2 aromatic carbocycles. The molecule has 0 aliphatic carbocycles. The van der Waals surface area contributed by atoms with E-state index in [0.29, 0.717) is 67.4 Å². The molecular formula is C30H32N2O12S. The molecule has 14 nitrogen and oxygen atoms in total. The Morgan fingerprint density at radius 2 is 1.64 bits per heavy atom. The number of carboxylic acid groups (broad SMARTS) is 3. The molecule has 2 aliphatic heterocycles. The smallest absolute Gasteiger partial charge is 0.341 e. The molecular weight excluding hydrogens is 612 g/mol. The van der Waals surface area contributed by atoms with Gasteiger partial charge in [0.15, 0.2) is 6.61 Å². The van der Waals surface area contributed by atoms with Crippen molar-refractivity contribution in [3.63, 3.8) is 0 Å². The number of oxime groups is 1. The van der Waals surface area contributed by atoms with Crippen LogP contribution >= 0.6 is 11.8 Å². The molecule has 1 fully saturated rings. The predicted octanol–water partition coefficient (Wildman–Crippen LogP) is 3.41. The van der Waals surface area contributed by atoms with Gasteiger partial charge in [0.05, 0.1) is 12.1 Å². The van der Waals surface area contributed by atoms with Crippen molar-refractivity contribution in [2.45, 2.75) is 57.3 Å². The summed E-state index contributed by atoms with van der Waals surface area (Å²) in [6, 6.07) is 6.45. The van der Waals surface area contributed by atoms with E-state index >= 15 is 0 Å². The summed E-state index contributed by atoms with van der Waals surface area (Å²) in [6.07, 6.45) is -0.655. The third kappa shape index (κ3) is 6.82. The second kappa shape index (κ2) is 12.7. The number of carbonyl (C=O) groups is 5. The van der Waals surface area contributed by atoms with Crippen LogP contribution in [0, 0.1) is 20.8 Å². The van der Waals surface area contributed by atoms with Crippen LogP contribution in [0.25, 0.3) is 0 Å². The van der Waals surface area contributed by atoms with Gasteiger partial charge in [-0.25, -0.2) is 4.79 Å². The number of ether oxygens (including phenoxy) is 3. The van der Waals surface area contributed by atoms with E-state index in [2.05, 4.69) is 5.16 Å². The first-order chi connectivity index (χ1) is 21.1. The van der Waals surface area contributed by atoms with Gasteiger partial charge in [-0.15, -0.1) is 0 Å². The molecule has 2 unspecified atom stereocenters. The Hall–Kier alpha value is -4.79. The van der Waals surface area contributed by atoms with Crippen molar-refractivity contribution in [3.8, 4) is 17.2 Å². The average molecular weight is 645 g/mol. The van der Waals surface area contributed by atoms with E-state index < -0.39 is 59.0 Å². The van der Waals surface area contributed by atoms with E-state index in [1.165, 1.54) is 0 Å². The van der Waals surface area contributed by atoms with Gasteiger partial charge in [-0.1, -0.05) is 17.3 Å². The zero-order valence-corrected chi connectivity index (χ0v) is 25.7. The van der Waals surface area contributed by atoms with Gasteiger partial charge in [-0.2, -0.15) is 0 Å². The highest BCUT2D eigenvalue weighted by Gasteiger charge is 2.54. The normalized spacial score (nSPS) is 21.8. The lowest BCUT2D eigenvalue weighted by atomic mass is 9.86. The molecule has 4 rings (SSSR count). The van der Waals surface area contributed by atoms with Crippen LogP contribution in [0.4, 0.5) is 4.79 Å². The number of carbonyl (C=O) groups excluding carboxylic acids is 2. The molecule has 0 spiro atoms. The number of thioether (sulfide) groups is 1. The number of benzene rings is 2.